The van der Waals surface area contributed by atoms with Gasteiger partial charge in [-0.25, -0.2) is 12.8 Å². The predicted molar refractivity (Wildman–Crippen MR) is 74.1 cm³/mol. The van der Waals surface area contributed by atoms with Crippen LogP contribution in [-0.2, 0) is 9.84 Å². The van der Waals surface area contributed by atoms with Gasteiger partial charge in [-0.15, -0.1) is 0 Å². The average molecular weight is 297 g/mol. The summed E-state index contributed by atoms with van der Waals surface area (Å²) in [6.45, 7) is 0. The van der Waals surface area contributed by atoms with Crippen molar-refractivity contribution in [3.63, 3.8) is 0 Å². The number of hydrogen-bond donors (Lipinski definition) is 0. The first-order valence-electron chi connectivity index (χ1n) is 5.42. The third-order valence-electron chi connectivity index (χ3n) is 2.45. The summed E-state index contributed by atoms with van der Waals surface area (Å²) in [5, 5.41) is 1.56. The van der Waals surface area contributed by atoms with Crippen LogP contribution in [0, 0.1) is 5.82 Å². The molecule has 0 atom stereocenters. The second-order valence-corrected chi connectivity index (χ2v) is 6.12. The van der Waals surface area contributed by atoms with Crippen molar-refractivity contribution in [1.29, 1.82) is 0 Å². The number of benzene rings is 2. The molecule has 0 bridgehead atoms. The van der Waals surface area contributed by atoms with E-state index in [1.807, 2.05) is 0 Å². The zero-order valence-electron chi connectivity index (χ0n) is 9.75. The van der Waals surface area contributed by atoms with Crippen LogP contribution >= 0.6 is 11.6 Å². The van der Waals surface area contributed by atoms with E-state index in [0.29, 0.717) is 10.6 Å². The molecule has 0 fully saturated rings. The number of sulfone groups is 1. The number of halogens is 2. The molecule has 0 aliphatic heterocycles. The first-order chi connectivity index (χ1) is 8.97. The highest BCUT2D eigenvalue weighted by atomic mass is 35.5. The lowest BCUT2D eigenvalue weighted by Crippen LogP contribution is -1.95. The number of rotatable bonds is 3. The second kappa shape index (κ2) is 5.55. The summed E-state index contributed by atoms with van der Waals surface area (Å²) in [6.07, 6.45) is 1.42. The molecule has 0 unspecified atom stereocenters. The molecule has 0 radical (unpaired) electrons. The monoisotopic (exact) mass is 296 g/mol. The third kappa shape index (κ3) is 3.66. The van der Waals surface area contributed by atoms with E-state index in [1.54, 1.807) is 0 Å². The molecule has 2 rings (SSSR count). The summed E-state index contributed by atoms with van der Waals surface area (Å²) < 4.78 is 36.7. The molecular formula is C14H10ClFO2S. The van der Waals surface area contributed by atoms with Crippen LogP contribution in [0.2, 0.25) is 5.02 Å². The minimum Gasteiger partial charge on any atom is -0.219 e. The lowest BCUT2D eigenvalue weighted by atomic mass is 10.2. The minimum absolute atomic E-state index is 0.162. The van der Waals surface area contributed by atoms with Crippen LogP contribution in [0.1, 0.15) is 5.56 Å². The first-order valence-corrected chi connectivity index (χ1v) is 7.34. The second-order valence-electron chi connectivity index (χ2n) is 3.85. The van der Waals surface area contributed by atoms with Crippen LogP contribution in [0.25, 0.3) is 6.08 Å². The third-order valence-corrected chi connectivity index (χ3v) is 4.13. The Bertz CT molecular complexity index is 689. The summed E-state index contributed by atoms with van der Waals surface area (Å²) in [4.78, 5) is 0.162. The fraction of sp³-hybridized carbons (Fsp3) is 0. The van der Waals surface area contributed by atoms with Crippen molar-refractivity contribution in [3.8, 4) is 0 Å². The maximum absolute atomic E-state index is 12.7. The number of hydrogen-bond acceptors (Lipinski definition) is 2. The lowest BCUT2D eigenvalue weighted by Gasteiger charge is -1.99. The van der Waals surface area contributed by atoms with E-state index < -0.39 is 9.84 Å². The molecule has 0 aliphatic rings. The van der Waals surface area contributed by atoms with E-state index in [1.165, 1.54) is 54.6 Å². The Morgan fingerprint density at radius 1 is 0.947 bits per heavy atom. The van der Waals surface area contributed by atoms with Gasteiger partial charge in [0, 0.05) is 10.4 Å². The molecule has 0 aromatic heterocycles. The van der Waals surface area contributed by atoms with Crippen molar-refractivity contribution < 1.29 is 12.8 Å². The molecule has 0 amide bonds. The van der Waals surface area contributed by atoms with E-state index in [-0.39, 0.29) is 10.7 Å². The Morgan fingerprint density at radius 3 is 2.11 bits per heavy atom. The minimum atomic E-state index is -3.52. The Labute approximate surface area is 116 Å². The van der Waals surface area contributed by atoms with E-state index in [4.69, 9.17) is 11.6 Å². The van der Waals surface area contributed by atoms with Gasteiger partial charge >= 0.3 is 0 Å². The van der Waals surface area contributed by atoms with E-state index in [9.17, 15) is 12.8 Å². The Hall–Kier alpha value is -1.65. The molecule has 98 valence electrons. The van der Waals surface area contributed by atoms with Gasteiger partial charge in [-0.1, -0.05) is 23.7 Å². The molecule has 0 saturated carbocycles. The molecule has 2 nitrogen and oxygen atoms in total. The fourth-order valence-corrected chi connectivity index (χ4v) is 2.58. The van der Waals surface area contributed by atoms with Gasteiger partial charge in [-0.3, -0.25) is 0 Å². The van der Waals surface area contributed by atoms with E-state index in [0.717, 1.165) is 5.41 Å². The SMILES string of the molecule is O=S(=O)(C=Cc1ccc(F)cc1)c1ccc(Cl)cc1. The van der Waals surface area contributed by atoms with Gasteiger partial charge < -0.3 is 0 Å². The van der Waals surface area contributed by atoms with Crippen LogP contribution in [-0.4, -0.2) is 8.42 Å². The molecule has 0 aliphatic carbocycles. The highest BCUT2D eigenvalue weighted by molar-refractivity contribution is 7.94. The van der Waals surface area contributed by atoms with Gasteiger partial charge in [0.05, 0.1) is 4.90 Å². The van der Waals surface area contributed by atoms with Crippen LogP contribution < -0.4 is 0 Å². The molecule has 0 spiro atoms. The topological polar surface area (TPSA) is 34.1 Å². The zero-order chi connectivity index (χ0) is 13.9. The molecule has 19 heavy (non-hydrogen) atoms. The molecule has 2 aromatic carbocycles. The van der Waals surface area contributed by atoms with Crippen LogP contribution in [0.4, 0.5) is 4.39 Å². The van der Waals surface area contributed by atoms with Crippen molar-refractivity contribution in [3.05, 3.63) is 70.3 Å². The molecular weight excluding hydrogens is 287 g/mol. The summed E-state index contributed by atoms with van der Waals surface area (Å²) >= 11 is 5.70. The summed E-state index contributed by atoms with van der Waals surface area (Å²) in [5.41, 5.74) is 0.610. The van der Waals surface area contributed by atoms with E-state index in [2.05, 4.69) is 0 Å². The van der Waals surface area contributed by atoms with Crippen LogP contribution in [0.3, 0.4) is 0 Å². The maximum atomic E-state index is 12.7. The molecule has 0 heterocycles. The normalized spacial score (nSPS) is 11.9. The van der Waals surface area contributed by atoms with E-state index >= 15 is 0 Å². The fourth-order valence-electron chi connectivity index (χ4n) is 1.44. The highest BCUT2D eigenvalue weighted by Gasteiger charge is 2.09. The molecule has 0 saturated heterocycles. The zero-order valence-corrected chi connectivity index (χ0v) is 11.3. The quantitative estimate of drug-likeness (QED) is 0.860. The first kappa shape index (κ1) is 13.8. The predicted octanol–water partition coefficient (Wildman–Crippen LogP) is 3.92. The Morgan fingerprint density at radius 2 is 1.53 bits per heavy atom. The molecule has 2 aromatic rings. The highest BCUT2D eigenvalue weighted by Crippen LogP contribution is 2.17. The average Bonchev–Trinajstić information content (AvgIpc) is 2.39. The summed E-state index contributed by atoms with van der Waals surface area (Å²) in [5.74, 6) is -0.363. The molecule has 5 heteroatoms. The van der Waals surface area contributed by atoms with Crippen molar-refractivity contribution in [2.45, 2.75) is 4.90 Å². The summed E-state index contributed by atoms with van der Waals surface area (Å²) in [6, 6.07) is 11.5. The maximum Gasteiger partial charge on any atom is 0.199 e. The van der Waals surface area contributed by atoms with Gasteiger partial charge in [0.15, 0.2) is 9.84 Å². The summed E-state index contributed by atoms with van der Waals surface area (Å²) in [7, 11) is -3.52. The van der Waals surface area contributed by atoms with Crippen molar-refractivity contribution in [2.75, 3.05) is 0 Å². The lowest BCUT2D eigenvalue weighted by molar-refractivity contribution is 0.605. The van der Waals surface area contributed by atoms with Gasteiger partial charge in [0.1, 0.15) is 5.82 Å². The van der Waals surface area contributed by atoms with Crippen molar-refractivity contribution >= 4 is 27.5 Å². The van der Waals surface area contributed by atoms with Gasteiger partial charge in [-0.2, -0.15) is 0 Å². The van der Waals surface area contributed by atoms with Crippen LogP contribution in [0.5, 0.6) is 0 Å². The Kier molecular flexibility index (Phi) is 4.02. The van der Waals surface area contributed by atoms with Gasteiger partial charge in [-0.05, 0) is 48.0 Å². The van der Waals surface area contributed by atoms with Crippen molar-refractivity contribution in [1.82, 2.24) is 0 Å². The van der Waals surface area contributed by atoms with Crippen molar-refractivity contribution in [2.24, 2.45) is 0 Å². The molecule has 0 N–H and O–H groups in total. The Balaban J connectivity index is 2.26. The largest absolute Gasteiger partial charge is 0.219 e. The van der Waals surface area contributed by atoms with Gasteiger partial charge in [0.25, 0.3) is 0 Å². The standard InChI is InChI=1S/C14H10ClFO2S/c15-12-3-7-14(8-4-12)19(17,18)10-9-11-1-5-13(16)6-2-11/h1-10H. The van der Waals surface area contributed by atoms with Crippen LogP contribution in [0.15, 0.2) is 58.8 Å². The smallest absolute Gasteiger partial charge is 0.199 e. The van der Waals surface area contributed by atoms with Gasteiger partial charge in [0.2, 0.25) is 0 Å².